The number of fused-ring (bicyclic) bond motifs is 8. The quantitative estimate of drug-likeness (QED) is 0.189. The van der Waals surface area contributed by atoms with Gasteiger partial charge in [0.1, 0.15) is 17.3 Å². The number of para-hydroxylation sites is 3. The summed E-state index contributed by atoms with van der Waals surface area (Å²) in [5.74, 6) is 0.0308. The molecule has 0 N–H and O–H groups in total. The molecule has 0 bridgehead atoms. The van der Waals surface area contributed by atoms with Crippen LogP contribution < -0.4 is 0 Å². The zero-order chi connectivity index (χ0) is 33.9. The molecule has 0 amide bonds. The van der Waals surface area contributed by atoms with E-state index in [1.807, 2.05) is 30.5 Å². The second-order valence-corrected chi connectivity index (χ2v) is 13.3. The minimum atomic E-state index is -0.199. The van der Waals surface area contributed by atoms with Crippen molar-refractivity contribution in [2.24, 2.45) is 5.92 Å². The van der Waals surface area contributed by atoms with Gasteiger partial charge in [-0.15, -0.1) is 0 Å². The summed E-state index contributed by atoms with van der Waals surface area (Å²) in [4.78, 5) is 0. The number of rotatable bonds is 4. The molecule has 0 saturated heterocycles. The van der Waals surface area contributed by atoms with Crippen molar-refractivity contribution < 1.29 is 9.15 Å². The normalized spacial score (nSPS) is 17.8. The number of furan rings is 1. The molecule has 3 nitrogen and oxygen atoms in total. The van der Waals surface area contributed by atoms with Gasteiger partial charge in [-0.2, -0.15) is 0 Å². The molecule has 0 spiro atoms. The van der Waals surface area contributed by atoms with E-state index in [-0.39, 0.29) is 12.0 Å². The Morgan fingerprint density at radius 3 is 2.12 bits per heavy atom. The molecule has 0 saturated carbocycles. The monoisotopic (exact) mass is 655 g/mol. The van der Waals surface area contributed by atoms with Gasteiger partial charge in [0.2, 0.25) is 0 Å². The molecule has 242 valence electrons. The fourth-order valence-electron chi connectivity index (χ4n) is 8.07. The first-order chi connectivity index (χ1) is 25.2. The van der Waals surface area contributed by atoms with Crippen LogP contribution in [0.2, 0.25) is 0 Å². The Hall–Kier alpha value is -6.58. The summed E-state index contributed by atoms with van der Waals surface area (Å²) in [5.41, 5.74) is 14.1. The largest absolute Gasteiger partial charge is 0.492 e. The van der Waals surface area contributed by atoms with Gasteiger partial charge < -0.3 is 13.7 Å². The lowest BCUT2D eigenvalue weighted by Gasteiger charge is -2.29. The van der Waals surface area contributed by atoms with Crippen LogP contribution in [-0.2, 0) is 4.74 Å². The molecular formula is C48H33NO2. The molecule has 2 atom stereocenters. The van der Waals surface area contributed by atoms with Crippen molar-refractivity contribution in [3.63, 3.8) is 0 Å². The summed E-state index contributed by atoms with van der Waals surface area (Å²) in [5, 5.41) is 3.41. The summed E-state index contributed by atoms with van der Waals surface area (Å²) in [6, 6.07) is 49.7. The van der Waals surface area contributed by atoms with Gasteiger partial charge in [0.25, 0.3) is 0 Å². The highest BCUT2D eigenvalue weighted by Crippen LogP contribution is 2.47. The van der Waals surface area contributed by atoms with Crippen LogP contribution in [-0.4, -0.2) is 4.57 Å². The fourth-order valence-corrected chi connectivity index (χ4v) is 8.07. The average molecular weight is 656 g/mol. The lowest BCUT2D eigenvalue weighted by molar-refractivity contribution is 0.119. The maximum Gasteiger partial charge on any atom is 0.143 e. The van der Waals surface area contributed by atoms with Crippen molar-refractivity contribution in [1.82, 2.24) is 4.57 Å². The highest BCUT2D eigenvalue weighted by atomic mass is 16.5. The first-order valence-corrected chi connectivity index (χ1v) is 17.4. The summed E-state index contributed by atoms with van der Waals surface area (Å²) < 4.78 is 15.5. The molecule has 2 unspecified atom stereocenters. The predicted octanol–water partition coefficient (Wildman–Crippen LogP) is 12.9. The van der Waals surface area contributed by atoms with E-state index in [0.717, 1.165) is 61.1 Å². The zero-order valence-corrected chi connectivity index (χ0v) is 27.9. The Balaban J connectivity index is 1.27. The molecule has 51 heavy (non-hydrogen) atoms. The minimum absolute atomic E-state index is 0.0308. The van der Waals surface area contributed by atoms with Crippen LogP contribution in [0.5, 0.6) is 0 Å². The van der Waals surface area contributed by atoms with Gasteiger partial charge in [0, 0.05) is 38.9 Å². The number of ether oxygens (including phenoxy) is 1. The molecule has 2 aliphatic rings. The van der Waals surface area contributed by atoms with Crippen LogP contribution in [0.3, 0.4) is 0 Å². The Bertz CT molecular complexity index is 2750. The molecule has 0 radical (unpaired) electrons. The van der Waals surface area contributed by atoms with E-state index in [2.05, 4.69) is 157 Å². The summed E-state index contributed by atoms with van der Waals surface area (Å²) in [6.07, 6.45) is 12.1. The Morgan fingerprint density at radius 1 is 0.569 bits per heavy atom. The minimum Gasteiger partial charge on any atom is -0.492 e. The molecule has 3 heteroatoms. The number of nitrogens with zero attached hydrogens (tertiary/aromatic N) is 1. The van der Waals surface area contributed by atoms with Crippen LogP contribution >= 0.6 is 0 Å². The van der Waals surface area contributed by atoms with E-state index >= 15 is 0 Å². The fraction of sp³-hybridized carbons (Fsp3) is 0.0417. The molecule has 10 rings (SSSR count). The molecule has 2 aromatic heterocycles. The first-order valence-electron chi connectivity index (χ1n) is 17.4. The Labute approximate surface area is 296 Å². The highest BCUT2D eigenvalue weighted by Gasteiger charge is 2.34. The molecule has 0 fully saturated rings. The van der Waals surface area contributed by atoms with Crippen molar-refractivity contribution in [2.75, 3.05) is 0 Å². The average Bonchev–Trinajstić information content (AvgIpc) is 3.73. The first kappa shape index (κ1) is 29.3. The van der Waals surface area contributed by atoms with Crippen molar-refractivity contribution in [3.05, 3.63) is 194 Å². The van der Waals surface area contributed by atoms with Gasteiger partial charge in [0.15, 0.2) is 0 Å². The maximum absolute atomic E-state index is 6.60. The SMILES string of the molecule is C=C1/C=C\C=C/OC2c3c(n(-c4cc(-c5ccccc5-c5ccccc5)cc(-c5cccc6c5oc5ccccc56)c4)c4ccccc34)C=CC12. The zero-order valence-electron chi connectivity index (χ0n) is 27.9. The molecule has 1 aliphatic carbocycles. The van der Waals surface area contributed by atoms with E-state index in [0.29, 0.717) is 0 Å². The molecular weight excluding hydrogens is 623 g/mol. The maximum atomic E-state index is 6.60. The lowest BCUT2D eigenvalue weighted by Crippen LogP contribution is -2.18. The number of benzene rings is 6. The summed E-state index contributed by atoms with van der Waals surface area (Å²) >= 11 is 0. The molecule has 6 aromatic carbocycles. The van der Waals surface area contributed by atoms with Crippen LogP contribution in [0, 0.1) is 5.92 Å². The topological polar surface area (TPSA) is 27.3 Å². The van der Waals surface area contributed by atoms with Crippen LogP contribution in [0.1, 0.15) is 17.4 Å². The van der Waals surface area contributed by atoms with Gasteiger partial charge in [-0.25, -0.2) is 0 Å². The number of hydrogen-bond acceptors (Lipinski definition) is 2. The van der Waals surface area contributed by atoms with Crippen molar-refractivity contribution >= 4 is 38.9 Å². The van der Waals surface area contributed by atoms with E-state index in [9.17, 15) is 0 Å². The molecule has 1 aliphatic heterocycles. The van der Waals surface area contributed by atoms with Crippen molar-refractivity contribution in [3.8, 4) is 39.1 Å². The van der Waals surface area contributed by atoms with Gasteiger partial charge in [-0.05, 0) is 75.9 Å². The van der Waals surface area contributed by atoms with Crippen LogP contribution in [0.15, 0.2) is 187 Å². The molecule has 3 heterocycles. The Kier molecular flexibility index (Phi) is 6.78. The van der Waals surface area contributed by atoms with Crippen molar-refractivity contribution in [1.29, 1.82) is 0 Å². The third-order valence-electron chi connectivity index (χ3n) is 10.4. The standard InChI is InChI=1S/C48H33NO2/c1-31-14-11-12-27-50-48-36(31)25-26-44-46(48)42-20-7-9-23-43(42)49(44)35-29-33(38-18-6-5-17-37(38)32-15-3-2-4-16-32)28-34(30-35)39-21-13-22-41-40-19-8-10-24-45(40)51-47(39)41/h2-30,36,48H,1H2/b14-11-,27-12-. The number of allylic oxidation sites excluding steroid dienone is 3. The third kappa shape index (κ3) is 4.74. The van der Waals surface area contributed by atoms with Gasteiger partial charge in [-0.3, -0.25) is 0 Å². The predicted molar refractivity (Wildman–Crippen MR) is 211 cm³/mol. The van der Waals surface area contributed by atoms with E-state index < -0.39 is 0 Å². The van der Waals surface area contributed by atoms with Crippen LogP contribution in [0.4, 0.5) is 0 Å². The van der Waals surface area contributed by atoms with Gasteiger partial charge >= 0.3 is 0 Å². The van der Waals surface area contributed by atoms with Crippen molar-refractivity contribution in [2.45, 2.75) is 6.10 Å². The highest BCUT2D eigenvalue weighted by molar-refractivity contribution is 6.10. The van der Waals surface area contributed by atoms with Gasteiger partial charge in [-0.1, -0.05) is 134 Å². The second kappa shape index (κ2) is 11.8. The molecule has 8 aromatic rings. The number of hydrogen-bond donors (Lipinski definition) is 0. The lowest BCUT2D eigenvalue weighted by atomic mass is 9.83. The summed E-state index contributed by atoms with van der Waals surface area (Å²) in [6.45, 7) is 4.41. The summed E-state index contributed by atoms with van der Waals surface area (Å²) in [7, 11) is 0. The Morgan fingerprint density at radius 2 is 1.25 bits per heavy atom. The third-order valence-corrected chi connectivity index (χ3v) is 10.4. The smallest absolute Gasteiger partial charge is 0.143 e. The van der Waals surface area contributed by atoms with Crippen LogP contribution in [0.25, 0.3) is 78.0 Å². The van der Waals surface area contributed by atoms with E-state index in [1.54, 1.807) is 0 Å². The van der Waals surface area contributed by atoms with E-state index in [4.69, 9.17) is 9.15 Å². The second-order valence-electron chi connectivity index (χ2n) is 13.3. The number of aromatic nitrogens is 1. The van der Waals surface area contributed by atoms with Gasteiger partial charge in [0.05, 0.1) is 17.5 Å². The van der Waals surface area contributed by atoms with E-state index in [1.165, 1.54) is 27.6 Å².